The van der Waals surface area contributed by atoms with E-state index < -0.39 is 6.09 Å². The lowest BCUT2D eigenvalue weighted by Crippen LogP contribution is -2.08. The third kappa shape index (κ3) is 3.58. The first-order chi connectivity index (χ1) is 13.7. The third-order valence-corrected chi connectivity index (χ3v) is 3.64. The molecule has 0 saturated heterocycles. The fraction of sp³-hybridized carbons (Fsp3) is 0. The minimum Gasteiger partial charge on any atom is -0.465 e. The quantitative estimate of drug-likeness (QED) is 0.355. The van der Waals surface area contributed by atoms with Crippen LogP contribution in [-0.2, 0) is 0 Å². The van der Waals surface area contributed by atoms with Crippen LogP contribution in [0, 0.1) is 0 Å². The molecule has 0 aliphatic carbocycles. The van der Waals surface area contributed by atoms with Gasteiger partial charge in [0.05, 0.1) is 17.8 Å². The molecule has 0 aliphatic rings. The second-order valence-electron chi connectivity index (χ2n) is 5.48. The number of hydrogen-bond donors (Lipinski definition) is 3. The van der Waals surface area contributed by atoms with E-state index in [1.807, 2.05) is 18.2 Å². The van der Waals surface area contributed by atoms with Gasteiger partial charge in [-0.2, -0.15) is 14.9 Å². The number of anilines is 2. The summed E-state index contributed by atoms with van der Waals surface area (Å²) >= 11 is 0. The van der Waals surface area contributed by atoms with E-state index in [1.165, 1.54) is 24.8 Å². The predicted octanol–water partition coefficient (Wildman–Crippen LogP) is 2.14. The zero-order valence-electron chi connectivity index (χ0n) is 14.3. The molecule has 4 aromatic rings. The van der Waals surface area contributed by atoms with E-state index in [-0.39, 0.29) is 5.82 Å². The summed E-state index contributed by atoms with van der Waals surface area (Å²) in [6.07, 6.45) is 6.58. The summed E-state index contributed by atoms with van der Waals surface area (Å²) in [5.41, 5.74) is 4.13. The molecule has 0 aliphatic heterocycles. The molecule has 1 amide bonds. The maximum absolute atomic E-state index is 10.6. The van der Waals surface area contributed by atoms with Crippen LogP contribution in [0.25, 0.3) is 16.9 Å². The minimum absolute atomic E-state index is 0.233. The minimum atomic E-state index is -1.17. The number of pyridine rings is 2. The Morgan fingerprint density at radius 3 is 2.79 bits per heavy atom. The molecule has 4 aromatic heterocycles. The number of nitrogens with zero attached hydrogens (tertiary/aromatic N) is 7. The Hall–Kier alpha value is -4.41. The normalized spacial score (nSPS) is 11.0. The van der Waals surface area contributed by atoms with Gasteiger partial charge < -0.3 is 5.11 Å². The summed E-state index contributed by atoms with van der Waals surface area (Å²) in [6, 6.07) is 8.74. The zero-order chi connectivity index (χ0) is 19.3. The second-order valence-corrected chi connectivity index (χ2v) is 5.48. The SMILES string of the molecule is O=C(O)Nc1ccc(C=NNc2ncnc3c2cnn3-c2ccccn2)cn1. The molecule has 138 valence electrons. The maximum atomic E-state index is 10.6. The third-order valence-electron chi connectivity index (χ3n) is 3.64. The molecule has 0 radical (unpaired) electrons. The van der Waals surface area contributed by atoms with Crippen molar-refractivity contribution in [1.82, 2.24) is 29.7 Å². The number of carbonyl (C=O) groups is 1. The van der Waals surface area contributed by atoms with Gasteiger partial charge in [-0.3, -0.25) is 10.7 Å². The van der Waals surface area contributed by atoms with Crippen molar-refractivity contribution in [2.45, 2.75) is 0 Å². The Balaban J connectivity index is 1.53. The Labute approximate surface area is 157 Å². The van der Waals surface area contributed by atoms with Gasteiger partial charge >= 0.3 is 6.09 Å². The first-order valence-corrected chi connectivity index (χ1v) is 8.06. The van der Waals surface area contributed by atoms with Crippen LogP contribution in [0.1, 0.15) is 5.56 Å². The van der Waals surface area contributed by atoms with Crippen LogP contribution in [0.3, 0.4) is 0 Å². The highest BCUT2D eigenvalue weighted by Crippen LogP contribution is 2.20. The van der Waals surface area contributed by atoms with Gasteiger partial charge in [0, 0.05) is 18.0 Å². The molecule has 11 heteroatoms. The summed E-state index contributed by atoms with van der Waals surface area (Å²) in [7, 11) is 0. The van der Waals surface area contributed by atoms with E-state index in [4.69, 9.17) is 5.11 Å². The van der Waals surface area contributed by atoms with Crippen molar-refractivity contribution in [3.63, 3.8) is 0 Å². The molecule has 0 bridgehead atoms. The monoisotopic (exact) mass is 375 g/mol. The van der Waals surface area contributed by atoms with Crippen molar-refractivity contribution in [1.29, 1.82) is 0 Å². The van der Waals surface area contributed by atoms with Gasteiger partial charge in [0.1, 0.15) is 12.1 Å². The fourth-order valence-electron chi connectivity index (χ4n) is 2.41. The van der Waals surface area contributed by atoms with Crippen molar-refractivity contribution < 1.29 is 9.90 Å². The van der Waals surface area contributed by atoms with E-state index in [2.05, 4.69) is 40.9 Å². The van der Waals surface area contributed by atoms with Crippen molar-refractivity contribution >= 4 is 35.0 Å². The molecule has 0 fully saturated rings. The Morgan fingerprint density at radius 2 is 2.04 bits per heavy atom. The number of hydrogen-bond acceptors (Lipinski definition) is 8. The highest BCUT2D eigenvalue weighted by Gasteiger charge is 2.11. The van der Waals surface area contributed by atoms with Gasteiger partial charge in [-0.1, -0.05) is 6.07 Å². The number of carboxylic acid groups (broad SMARTS) is 1. The van der Waals surface area contributed by atoms with Crippen molar-refractivity contribution in [2.24, 2.45) is 5.10 Å². The molecule has 0 aromatic carbocycles. The summed E-state index contributed by atoms with van der Waals surface area (Å²) < 4.78 is 1.62. The van der Waals surface area contributed by atoms with Crippen LogP contribution in [0.5, 0.6) is 0 Å². The molecular weight excluding hydrogens is 362 g/mol. The van der Waals surface area contributed by atoms with E-state index in [9.17, 15) is 4.79 Å². The zero-order valence-corrected chi connectivity index (χ0v) is 14.3. The highest BCUT2D eigenvalue weighted by atomic mass is 16.4. The van der Waals surface area contributed by atoms with Gasteiger partial charge in [-0.05, 0) is 24.3 Å². The van der Waals surface area contributed by atoms with Crippen molar-refractivity contribution in [3.05, 3.63) is 60.8 Å². The average molecular weight is 375 g/mol. The number of fused-ring (bicyclic) bond motifs is 1. The van der Waals surface area contributed by atoms with Crippen LogP contribution in [0.2, 0.25) is 0 Å². The smallest absolute Gasteiger partial charge is 0.410 e. The van der Waals surface area contributed by atoms with Gasteiger partial charge in [0.15, 0.2) is 17.3 Å². The van der Waals surface area contributed by atoms with Crippen LogP contribution in [0.4, 0.5) is 16.4 Å². The average Bonchev–Trinajstić information content (AvgIpc) is 3.15. The molecule has 3 N–H and O–H groups in total. The predicted molar refractivity (Wildman–Crippen MR) is 102 cm³/mol. The van der Waals surface area contributed by atoms with Crippen LogP contribution < -0.4 is 10.7 Å². The van der Waals surface area contributed by atoms with E-state index in [1.54, 1.807) is 23.1 Å². The van der Waals surface area contributed by atoms with E-state index in [0.29, 0.717) is 28.2 Å². The number of hydrazone groups is 1. The summed E-state index contributed by atoms with van der Waals surface area (Å²) in [5.74, 6) is 1.37. The largest absolute Gasteiger partial charge is 0.465 e. The van der Waals surface area contributed by atoms with E-state index in [0.717, 1.165) is 0 Å². The fourth-order valence-corrected chi connectivity index (χ4v) is 2.41. The molecule has 0 atom stereocenters. The summed E-state index contributed by atoms with van der Waals surface area (Å²) in [5, 5.41) is 20.0. The number of rotatable bonds is 5. The number of aromatic nitrogens is 6. The molecule has 0 saturated carbocycles. The molecular formula is C17H13N9O2. The Morgan fingerprint density at radius 1 is 1.11 bits per heavy atom. The second kappa shape index (κ2) is 7.45. The lowest BCUT2D eigenvalue weighted by molar-refractivity contribution is 0.209. The highest BCUT2D eigenvalue weighted by molar-refractivity contribution is 5.88. The van der Waals surface area contributed by atoms with Crippen LogP contribution in [-0.4, -0.2) is 47.1 Å². The maximum Gasteiger partial charge on any atom is 0.410 e. The lowest BCUT2D eigenvalue weighted by Gasteiger charge is -2.03. The lowest BCUT2D eigenvalue weighted by atomic mass is 10.3. The van der Waals surface area contributed by atoms with E-state index >= 15 is 0 Å². The first kappa shape index (κ1) is 17.0. The number of amides is 1. The van der Waals surface area contributed by atoms with Crippen LogP contribution in [0.15, 0.2) is 60.4 Å². The standard InChI is InChI=1S/C17H13N9O2/c27-17(28)24-13-5-4-11(7-19-13)8-22-25-15-12-9-23-26(16(12)21-10-20-15)14-3-1-2-6-18-14/h1-10H,(H,19,24)(H,27,28)(H,20,21,25). The molecule has 0 unspecified atom stereocenters. The summed E-state index contributed by atoms with van der Waals surface area (Å²) in [6.45, 7) is 0. The molecule has 28 heavy (non-hydrogen) atoms. The number of nitrogens with one attached hydrogen (secondary N) is 2. The van der Waals surface area contributed by atoms with Crippen LogP contribution >= 0.6 is 0 Å². The van der Waals surface area contributed by atoms with Gasteiger partial charge in [0.2, 0.25) is 0 Å². The van der Waals surface area contributed by atoms with Gasteiger partial charge in [0.25, 0.3) is 0 Å². The molecule has 4 heterocycles. The van der Waals surface area contributed by atoms with Crippen molar-refractivity contribution in [2.75, 3.05) is 10.7 Å². The Bertz CT molecular complexity index is 1140. The Kier molecular flexibility index (Phi) is 4.53. The van der Waals surface area contributed by atoms with Crippen molar-refractivity contribution in [3.8, 4) is 5.82 Å². The topological polar surface area (TPSA) is 143 Å². The molecule has 0 spiro atoms. The van der Waals surface area contributed by atoms with Gasteiger partial charge in [-0.15, -0.1) is 0 Å². The van der Waals surface area contributed by atoms with Gasteiger partial charge in [-0.25, -0.2) is 24.7 Å². The summed E-state index contributed by atoms with van der Waals surface area (Å²) in [4.78, 5) is 27.3. The molecule has 4 rings (SSSR count). The molecule has 11 nitrogen and oxygen atoms in total. The first-order valence-electron chi connectivity index (χ1n) is 8.06.